The SMILES string of the molecule is CCC(=O)N1CCN(c2nc(NCCC(=O)N3CCN(Cc4ccc5c(c4)CN(C(=O)c4cc(C(C)C)c(O)cc4O)C5)CC3)nc3c2CCN(c2cc(O)cc4ccccc24)C3)CC1. The van der Waals surface area contributed by atoms with Crippen molar-refractivity contribution in [2.24, 2.45) is 0 Å². The summed E-state index contributed by atoms with van der Waals surface area (Å²) in [5.74, 6) is 1.33. The van der Waals surface area contributed by atoms with Crippen LogP contribution in [0.5, 0.6) is 17.2 Å². The lowest BCUT2D eigenvalue weighted by Crippen LogP contribution is -2.49. The molecule has 2 saturated heterocycles. The molecule has 0 unspecified atom stereocenters. The number of phenolic OH excluding ortho intramolecular Hbond substituents is 3. The summed E-state index contributed by atoms with van der Waals surface area (Å²) in [5, 5.41) is 36.9. The van der Waals surface area contributed by atoms with E-state index in [4.69, 9.17) is 9.97 Å². The predicted octanol–water partition coefficient (Wildman–Crippen LogP) is 5.79. The third kappa shape index (κ3) is 9.19. The van der Waals surface area contributed by atoms with Crippen LogP contribution in [0.4, 0.5) is 17.5 Å². The lowest BCUT2D eigenvalue weighted by atomic mass is 9.98. The smallest absolute Gasteiger partial charge is 0.258 e. The first kappa shape index (κ1) is 43.6. The Balaban J connectivity index is 0.807. The van der Waals surface area contributed by atoms with Crippen molar-refractivity contribution in [3.63, 3.8) is 0 Å². The van der Waals surface area contributed by atoms with Crippen molar-refractivity contribution >= 4 is 45.9 Å². The lowest BCUT2D eigenvalue weighted by molar-refractivity contribution is -0.133. The second-order valence-corrected chi connectivity index (χ2v) is 18.1. The average molecular weight is 882 g/mol. The Kier molecular flexibility index (Phi) is 12.4. The quantitative estimate of drug-likeness (QED) is 0.126. The van der Waals surface area contributed by atoms with Gasteiger partial charge >= 0.3 is 0 Å². The summed E-state index contributed by atoms with van der Waals surface area (Å²) >= 11 is 0. The van der Waals surface area contributed by atoms with E-state index in [1.54, 1.807) is 17.0 Å². The van der Waals surface area contributed by atoms with Crippen LogP contribution in [0.3, 0.4) is 0 Å². The van der Waals surface area contributed by atoms with Gasteiger partial charge in [-0.05, 0) is 52.1 Å². The average Bonchev–Trinajstić information content (AvgIpc) is 3.74. The van der Waals surface area contributed by atoms with E-state index >= 15 is 0 Å². The minimum atomic E-state index is -0.263. The Hall–Kier alpha value is -6.61. The Labute approximate surface area is 379 Å². The molecule has 0 aliphatic carbocycles. The van der Waals surface area contributed by atoms with E-state index in [9.17, 15) is 29.7 Å². The van der Waals surface area contributed by atoms with E-state index in [-0.39, 0.29) is 46.5 Å². The number of fused-ring (bicyclic) bond motifs is 3. The van der Waals surface area contributed by atoms with Gasteiger partial charge in [0.2, 0.25) is 17.8 Å². The van der Waals surface area contributed by atoms with E-state index in [1.165, 1.54) is 6.07 Å². The Bertz CT molecular complexity index is 2620. The van der Waals surface area contributed by atoms with E-state index in [0.29, 0.717) is 89.8 Å². The first-order valence-corrected chi connectivity index (χ1v) is 23.0. The third-order valence-electron chi connectivity index (χ3n) is 13.5. The first-order chi connectivity index (χ1) is 31.4. The number of nitrogens with one attached hydrogen (secondary N) is 1. The topological polar surface area (TPSA) is 169 Å². The molecular formula is C50H59N9O6. The van der Waals surface area contributed by atoms with Gasteiger partial charge in [-0.15, -0.1) is 0 Å². The predicted molar refractivity (Wildman–Crippen MR) is 250 cm³/mol. The highest BCUT2D eigenvalue weighted by Gasteiger charge is 2.31. The molecule has 4 aromatic carbocycles. The van der Waals surface area contributed by atoms with Crippen LogP contribution in [0.25, 0.3) is 10.8 Å². The molecule has 15 nitrogen and oxygen atoms in total. The van der Waals surface area contributed by atoms with Gasteiger partial charge in [-0.25, -0.2) is 4.98 Å². The monoisotopic (exact) mass is 881 g/mol. The number of phenols is 3. The number of carbonyl (C=O) groups is 3. The molecule has 65 heavy (non-hydrogen) atoms. The molecular weight excluding hydrogens is 823 g/mol. The number of hydrogen-bond donors (Lipinski definition) is 4. The van der Waals surface area contributed by atoms with Crippen molar-refractivity contribution in [2.75, 3.05) is 80.6 Å². The van der Waals surface area contributed by atoms with Crippen LogP contribution in [-0.2, 0) is 42.2 Å². The van der Waals surface area contributed by atoms with Crippen LogP contribution in [0.15, 0.2) is 66.7 Å². The highest BCUT2D eigenvalue weighted by molar-refractivity contribution is 5.98. The minimum absolute atomic E-state index is 0.00000404. The number of aromatic hydroxyl groups is 3. The molecule has 2 fully saturated rings. The molecule has 0 saturated carbocycles. The van der Waals surface area contributed by atoms with E-state index < -0.39 is 0 Å². The zero-order chi connectivity index (χ0) is 45.4. The normalized spacial score (nSPS) is 16.6. The van der Waals surface area contributed by atoms with Gasteiger partial charge in [-0.2, -0.15) is 4.98 Å². The number of benzene rings is 4. The molecule has 1 aromatic heterocycles. The summed E-state index contributed by atoms with van der Waals surface area (Å²) in [6, 6.07) is 20.9. The van der Waals surface area contributed by atoms with Crippen LogP contribution >= 0.6 is 0 Å². The van der Waals surface area contributed by atoms with Gasteiger partial charge in [0, 0.05) is 127 Å². The number of hydrogen-bond acceptors (Lipinski definition) is 12. The van der Waals surface area contributed by atoms with Gasteiger partial charge in [0.15, 0.2) is 0 Å². The molecule has 4 aliphatic heterocycles. The van der Waals surface area contributed by atoms with Crippen molar-refractivity contribution in [2.45, 2.75) is 72.1 Å². The Morgan fingerprint density at radius 3 is 2.23 bits per heavy atom. The van der Waals surface area contributed by atoms with Crippen LogP contribution in [-0.4, -0.2) is 128 Å². The van der Waals surface area contributed by atoms with Crippen molar-refractivity contribution in [3.05, 3.63) is 106 Å². The number of nitrogens with zero attached hydrogens (tertiary/aromatic N) is 8. The third-order valence-corrected chi connectivity index (χ3v) is 13.5. The lowest BCUT2D eigenvalue weighted by Gasteiger charge is -2.38. The molecule has 0 spiro atoms. The van der Waals surface area contributed by atoms with Crippen LogP contribution in [0, 0.1) is 0 Å². The van der Waals surface area contributed by atoms with Crippen LogP contribution in [0.2, 0.25) is 0 Å². The number of piperazine rings is 2. The maximum atomic E-state index is 13.5. The number of rotatable bonds is 11. The molecule has 4 aliphatic rings. The Morgan fingerprint density at radius 1 is 0.723 bits per heavy atom. The highest BCUT2D eigenvalue weighted by atomic mass is 16.3. The fourth-order valence-electron chi connectivity index (χ4n) is 9.83. The molecule has 0 atom stereocenters. The second kappa shape index (κ2) is 18.5. The van der Waals surface area contributed by atoms with Crippen molar-refractivity contribution in [3.8, 4) is 17.2 Å². The largest absolute Gasteiger partial charge is 0.508 e. The fourth-order valence-corrected chi connectivity index (χ4v) is 9.83. The molecule has 0 bridgehead atoms. The maximum absolute atomic E-state index is 13.5. The highest BCUT2D eigenvalue weighted by Crippen LogP contribution is 2.37. The van der Waals surface area contributed by atoms with Crippen molar-refractivity contribution in [1.29, 1.82) is 0 Å². The Morgan fingerprint density at radius 2 is 1.46 bits per heavy atom. The molecule has 9 rings (SSSR count). The van der Waals surface area contributed by atoms with E-state index in [0.717, 1.165) is 82.8 Å². The van der Waals surface area contributed by atoms with Crippen LogP contribution in [0.1, 0.15) is 83.4 Å². The number of anilines is 3. The summed E-state index contributed by atoms with van der Waals surface area (Å²) < 4.78 is 0. The molecule has 0 radical (unpaired) electrons. The number of carbonyl (C=O) groups excluding carboxylic acids is 3. The number of amides is 3. The molecule has 4 N–H and O–H groups in total. The summed E-state index contributed by atoms with van der Waals surface area (Å²) in [7, 11) is 0. The van der Waals surface area contributed by atoms with Gasteiger partial charge in [0.05, 0.1) is 17.8 Å². The molecule has 5 heterocycles. The summed E-state index contributed by atoms with van der Waals surface area (Å²) in [6.07, 6.45) is 1.52. The van der Waals surface area contributed by atoms with Gasteiger partial charge in [0.25, 0.3) is 5.91 Å². The van der Waals surface area contributed by atoms with Gasteiger partial charge in [-0.3, -0.25) is 19.3 Å². The fraction of sp³-hybridized carbons (Fsp3) is 0.420. The molecule has 15 heteroatoms. The summed E-state index contributed by atoms with van der Waals surface area (Å²) in [4.78, 5) is 62.1. The molecule has 3 amide bonds. The van der Waals surface area contributed by atoms with E-state index in [1.807, 2.05) is 54.8 Å². The zero-order valence-corrected chi connectivity index (χ0v) is 37.6. The van der Waals surface area contributed by atoms with E-state index in [2.05, 4.69) is 44.3 Å². The summed E-state index contributed by atoms with van der Waals surface area (Å²) in [6.45, 7) is 14.5. The number of aromatic nitrogens is 2. The van der Waals surface area contributed by atoms with Gasteiger partial charge in [0.1, 0.15) is 23.1 Å². The van der Waals surface area contributed by atoms with Crippen LogP contribution < -0.4 is 15.1 Å². The first-order valence-electron chi connectivity index (χ1n) is 23.0. The van der Waals surface area contributed by atoms with Crippen molar-refractivity contribution < 1.29 is 29.7 Å². The molecule has 5 aromatic rings. The van der Waals surface area contributed by atoms with Gasteiger partial charge in [-0.1, -0.05) is 63.2 Å². The molecule has 340 valence electrons. The van der Waals surface area contributed by atoms with Crippen molar-refractivity contribution in [1.82, 2.24) is 29.6 Å². The standard InChI is InChI=1S/C50H59N9O6/c1-4-46(63)55-19-21-57(22-20-55)48-39-12-14-58(43-25-37(60)24-34-7-5-6-8-38(34)43)31-42(39)52-50(53-48)51-13-11-47(64)56-17-15-54(16-18-56)28-33-9-10-35-29-59(30-36(35)23-33)49(65)41-26-40(32(2)3)44(61)27-45(41)62/h5-10,23-27,32,60-62H,4,11-22,28-31H2,1-3H3,(H,51,52,53). The van der Waals surface area contributed by atoms with Gasteiger partial charge < -0.3 is 45.1 Å². The minimum Gasteiger partial charge on any atom is -0.508 e. The maximum Gasteiger partial charge on any atom is 0.258 e. The zero-order valence-electron chi connectivity index (χ0n) is 37.6. The second-order valence-electron chi connectivity index (χ2n) is 18.1. The summed E-state index contributed by atoms with van der Waals surface area (Å²) in [5.41, 5.74) is 7.11.